The van der Waals surface area contributed by atoms with Crippen molar-refractivity contribution in [1.29, 1.82) is 0 Å². The predicted molar refractivity (Wildman–Crippen MR) is 54.1 cm³/mol. The lowest BCUT2D eigenvalue weighted by atomic mass is 10.1. The molecule has 0 aliphatic heterocycles. The summed E-state index contributed by atoms with van der Waals surface area (Å²) in [7, 11) is 0. The summed E-state index contributed by atoms with van der Waals surface area (Å²) in [6.07, 6.45) is 0. The average molecular weight is 193 g/mol. The van der Waals surface area contributed by atoms with Crippen molar-refractivity contribution in [3.63, 3.8) is 0 Å². The van der Waals surface area contributed by atoms with Crippen LogP contribution in [0.25, 0.3) is 11.1 Å². The number of nitrogens with two attached hydrogens (primary N) is 1. The summed E-state index contributed by atoms with van der Waals surface area (Å²) in [5.41, 5.74) is 7.69. The molecule has 0 saturated heterocycles. The standard InChI is InChI=1S/C10H8FNS/c11-9-2-1-7(5-10(9)12)8-3-4-13-6-8/h1-6H,12H2. The molecule has 13 heavy (non-hydrogen) atoms. The molecule has 0 aliphatic rings. The predicted octanol–water partition coefficient (Wildman–Crippen LogP) is 3.14. The van der Waals surface area contributed by atoms with E-state index in [2.05, 4.69) is 0 Å². The summed E-state index contributed by atoms with van der Waals surface area (Å²) in [6.45, 7) is 0. The number of halogens is 1. The van der Waals surface area contributed by atoms with Crippen LogP contribution in [0.5, 0.6) is 0 Å². The van der Waals surface area contributed by atoms with Crippen LogP contribution in [0.2, 0.25) is 0 Å². The maximum absolute atomic E-state index is 12.8. The third-order valence-electron chi connectivity index (χ3n) is 1.85. The van der Waals surface area contributed by atoms with Gasteiger partial charge < -0.3 is 5.73 Å². The van der Waals surface area contributed by atoms with Crippen molar-refractivity contribution < 1.29 is 4.39 Å². The van der Waals surface area contributed by atoms with E-state index in [4.69, 9.17) is 5.73 Å². The van der Waals surface area contributed by atoms with Crippen LogP contribution >= 0.6 is 11.3 Å². The Labute approximate surface area is 79.6 Å². The number of rotatable bonds is 1. The smallest absolute Gasteiger partial charge is 0.146 e. The number of benzene rings is 1. The molecular weight excluding hydrogens is 185 g/mol. The molecule has 1 aromatic heterocycles. The first-order valence-electron chi connectivity index (χ1n) is 3.85. The van der Waals surface area contributed by atoms with Crippen LogP contribution < -0.4 is 5.73 Å². The van der Waals surface area contributed by atoms with Crippen LogP contribution in [-0.4, -0.2) is 0 Å². The molecule has 0 aliphatic carbocycles. The lowest BCUT2D eigenvalue weighted by molar-refractivity contribution is 0.632. The SMILES string of the molecule is Nc1cc(-c2ccsc2)ccc1F. The number of thiophene rings is 1. The zero-order valence-corrected chi connectivity index (χ0v) is 7.64. The molecule has 0 bridgehead atoms. The van der Waals surface area contributed by atoms with Crippen LogP contribution in [0.4, 0.5) is 10.1 Å². The van der Waals surface area contributed by atoms with Gasteiger partial charge in [0.25, 0.3) is 0 Å². The maximum Gasteiger partial charge on any atom is 0.146 e. The van der Waals surface area contributed by atoms with Crippen molar-refractivity contribution in [2.75, 3.05) is 5.73 Å². The zero-order valence-electron chi connectivity index (χ0n) is 6.83. The van der Waals surface area contributed by atoms with Gasteiger partial charge in [-0.05, 0) is 40.1 Å². The van der Waals surface area contributed by atoms with Gasteiger partial charge in [0, 0.05) is 0 Å². The fourth-order valence-electron chi connectivity index (χ4n) is 1.15. The molecule has 0 saturated carbocycles. The fraction of sp³-hybridized carbons (Fsp3) is 0. The van der Waals surface area contributed by atoms with E-state index in [9.17, 15) is 4.39 Å². The Bertz CT molecular complexity index is 409. The normalized spacial score (nSPS) is 10.2. The van der Waals surface area contributed by atoms with E-state index >= 15 is 0 Å². The Kier molecular flexibility index (Phi) is 2.02. The van der Waals surface area contributed by atoms with Gasteiger partial charge in [-0.1, -0.05) is 6.07 Å². The highest BCUT2D eigenvalue weighted by Crippen LogP contribution is 2.24. The number of anilines is 1. The van der Waals surface area contributed by atoms with Gasteiger partial charge in [-0.3, -0.25) is 0 Å². The van der Waals surface area contributed by atoms with E-state index in [-0.39, 0.29) is 11.5 Å². The van der Waals surface area contributed by atoms with Crippen molar-refractivity contribution in [2.24, 2.45) is 0 Å². The van der Waals surface area contributed by atoms with E-state index in [1.165, 1.54) is 6.07 Å². The van der Waals surface area contributed by atoms with Crippen LogP contribution in [0.3, 0.4) is 0 Å². The van der Waals surface area contributed by atoms with Crippen molar-refractivity contribution in [3.05, 3.63) is 40.8 Å². The molecule has 0 fully saturated rings. The van der Waals surface area contributed by atoms with Gasteiger partial charge in [-0.15, -0.1) is 0 Å². The molecule has 0 unspecified atom stereocenters. The third-order valence-corrected chi connectivity index (χ3v) is 2.53. The van der Waals surface area contributed by atoms with Crippen LogP contribution in [0.15, 0.2) is 35.0 Å². The molecule has 1 aromatic carbocycles. The highest BCUT2D eigenvalue weighted by molar-refractivity contribution is 7.08. The maximum atomic E-state index is 12.8. The Morgan fingerprint density at radius 3 is 2.62 bits per heavy atom. The lowest BCUT2D eigenvalue weighted by Gasteiger charge is -2.00. The number of nitrogen functional groups attached to an aromatic ring is 1. The second-order valence-corrected chi connectivity index (χ2v) is 3.53. The molecule has 2 rings (SSSR count). The number of hydrogen-bond acceptors (Lipinski definition) is 2. The second-order valence-electron chi connectivity index (χ2n) is 2.75. The molecule has 0 radical (unpaired) electrons. The third kappa shape index (κ3) is 1.55. The van der Waals surface area contributed by atoms with E-state index in [0.717, 1.165) is 11.1 Å². The summed E-state index contributed by atoms with van der Waals surface area (Å²) in [5, 5.41) is 3.99. The molecule has 0 amide bonds. The molecule has 2 N–H and O–H groups in total. The van der Waals surface area contributed by atoms with Gasteiger partial charge >= 0.3 is 0 Å². The minimum absolute atomic E-state index is 0.198. The molecule has 1 heterocycles. The summed E-state index contributed by atoms with van der Waals surface area (Å²) in [6, 6.07) is 6.75. The van der Waals surface area contributed by atoms with Crippen LogP contribution in [0, 0.1) is 5.82 Å². The van der Waals surface area contributed by atoms with Gasteiger partial charge in [-0.2, -0.15) is 11.3 Å². The highest BCUT2D eigenvalue weighted by atomic mass is 32.1. The van der Waals surface area contributed by atoms with E-state index in [1.54, 1.807) is 23.5 Å². The summed E-state index contributed by atoms with van der Waals surface area (Å²) in [5.74, 6) is -0.362. The Morgan fingerprint density at radius 1 is 1.15 bits per heavy atom. The van der Waals surface area contributed by atoms with Crippen molar-refractivity contribution in [2.45, 2.75) is 0 Å². The van der Waals surface area contributed by atoms with Crippen molar-refractivity contribution in [1.82, 2.24) is 0 Å². The quantitative estimate of drug-likeness (QED) is 0.692. The molecule has 2 aromatic rings. The zero-order chi connectivity index (χ0) is 9.26. The average Bonchev–Trinajstić information content (AvgIpc) is 2.62. The fourth-order valence-corrected chi connectivity index (χ4v) is 1.82. The highest BCUT2D eigenvalue weighted by Gasteiger charge is 2.01. The first-order chi connectivity index (χ1) is 6.27. The molecular formula is C10H8FNS. The Balaban J connectivity index is 2.49. The first-order valence-corrected chi connectivity index (χ1v) is 4.79. The first kappa shape index (κ1) is 8.26. The second kappa shape index (κ2) is 3.18. The van der Waals surface area contributed by atoms with Gasteiger partial charge in [-0.25, -0.2) is 4.39 Å². The topological polar surface area (TPSA) is 26.0 Å². The molecule has 66 valence electrons. The molecule has 0 atom stereocenters. The van der Waals surface area contributed by atoms with Gasteiger partial charge in [0.15, 0.2) is 0 Å². The minimum Gasteiger partial charge on any atom is -0.396 e. The minimum atomic E-state index is -0.362. The van der Waals surface area contributed by atoms with Gasteiger partial charge in [0.1, 0.15) is 5.82 Å². The van der Waals surface area contributed by atoms with E-state index in [0.29, 0.717) is 0 Å². The summed E-state index contributed by atoms with van der Waals surface area (Å²) >= 11 is 1.61. The van der Waals surface area contributed by atoms with Crippen molar-refractivity contribution in [3.8, 4) is 11.1 Å². The monoisotopic (exact) mass is 193 g/mol. The molecule has 0 spiro atoms. The largest absolute Gasteiger partial charge is 0.396 e. The molecule has 3 heteroatoms. The van der Waals surface area contributed by atoms with Gasteiger partial charge in [0.05, 0.1) is 5.69 Å². The Hall–Kier alpha value is -1.35. The summed E-state index contributed by atoms with van der Waals surface area (Å²) < 4.78 is 12.8. The van der Waals surface area contributed by atoms with Crippen molar-refractivity contribution >= 4 is 17.0 Å². The number of hydrogen-bond donors (Lipinski definition) is 1. The van der Waals surface area contributed by atoms with Crippen LogP contribution in [0.1, 0.15) is 0 Å². The van der Waals surface area contributed by atoms with Crippen LogP contribution in [-0.2, 0) is 0 Å². The molecule has 1 nitrogen and oxygen atoms in total. The van der Waals surface area contributed by atoms with E-state index in [1.807, 2.05) is 16.8 Å². The summed E-state index contributed by atoms with van der Waals surface area (Å²) in [4.78, 5) is 0. The van der Waals surface area contributed by atoms with Gasteiger partial charge in [0.2, 0.25) is 0 Å². The lowest BCUT2D eigenvalue weighted by Crippen LogP contribution is -1.89. The Morgan fingerprint density at radius 2 is 2.00 bits per heavy atom. The van der Waals surface area contributed by atoms with E-state index < -0.39 is 0 Å².